The van der Waals surface area contributed by atoms with E-state index in [2.05, 4.69) is 11.4 Å². The van der Waals surface area contributed by atoms with Crippen LogP contribution in [0.25, 0.3) is 11.8 Å². The fourth-order valence-corrected chi connectivity index (χ4v) is 3.22. The SMILES string of the molecule is Cc1c(C#N)c(NC(=O)COC(=O)/C=C/c2cccc([N+](=O)[O-])c2)n(-c2ccccc2)c1C. The average molecular weight is 444 g/mol. The second kappa shape index (κ2) is 10.1. The number of nitrogens with zero attached hydrogens (tertiary/aromatic N) is 3. The summed E-state index contributed by atoms with van der Waals surface area (Å²) in [5, 5.41) is 23.1. The molecule has 2 aromatic carbocycles. The van der Waals surface area contributed by atoms with Crippen LogP contribution in [0.3, 0.4) is 0 Å². The molecule has 9 heteroatoms. The second-order valence-electron chi connectivity index (χ2n) is 7.06. The fourth-order valence-electron chi connectivity index (χ4n) is 3.22. The zero-order valence-corrected chi connectivity index (χ0v) is 17.9. The van der Waals surface area contributed by atoms with Crippen molar-refractivity contribution in [3.63, 3.8) is 0 Å². The molecule has 1 amide bonds. The van der Waals surface area contributed by atoms with Gasteiger partial charge in [0.1, 0.15) is 11.9 Å². The van der Waals surface area contributed by atoms with Crippen molar-refractivity contribution in [2.75, 3.05) is 11.9 Å². The summed E-state index contributed by atoms with van der Waals surface area (Å²) in [7, 11) is 0. The third-order valence-electron chi connectivity index (χ3n) is 4.94. The van der Waals surface area contributed by atoms with Gasteiger partial charge in [0.05, 0.1) is 10.5 Å². The van der Waals surface area contributed by atoms with E-state index >= 15 is 0 Å². The van der Waals surface area contributed by atoms with Gasteiger partial charge in [-0.15, -0.1) is 0 Å². The van der Waals surface area contributed by atoms with E-state index in [1.54, 1.807) is 17.6 Å². The number of hydrogen-bond donors (Lipinski definition) is 1. The van der Waals surface area contributed by atoms with Crippen LogP contribution in [0, 0.1) is 35.3 Å². The lowest BCUT2D eigenvalue weighted by Gasteiger charge is -2.13. The first-order valence-electron chi connectivity index (χ1n) is 9.88. The van der Waals surface area contributed by atoms with Crippen LogP contribution >= 0.6 is 0 Å². The molecule has 0 spiro atoms. The van der Waals surface area contributed by atoms with Gasteiger partial charge < -0.3 is 10.1 Å². The lowest BCUT2D eigenvalue weighted by molar-refractivity contribution is -0.384. The van der Waals surface area contributed by atoms with Crippen LogP contribution < -0.4 is 5.32 Å². The minimum atomic E-state index is -0.789. The van der Waals surface area contributed by atoms with E-state index in [0.717, 1.165) is 23.0 Å². The summed E-state index contributed by atoms with van der Waals surface area (Å²) >= 11 is 0. The third-order valence-corrected chi connectivity index (χ3v) is 4.94. The van der Waals surface area contributed by atoms with Gasteiger partial charge in [-0.3, -0.25) is 19.5 Å². The van der Waals surface area contributed by atoms with Gasteiger partial charge in [0.2, 0.25) is 0 Å². The standard InChI is InChI=1S/C24H20N4O5/c1-16-17(2)27(19-8-4-3-5-9-19)24(21(16)14-25)26-22(29)15-33-23(30)12-11-18-7-6-10-20(13-18)28(31)32/h3-13H,15H2,1-2H3,(H,26,29)/b12-11+. The highest BCUT2D eigenvalue weighted by Gasteiger charge is 2.21. The van der Waals surface area contributed by atoms with Gasteiger partial charge in [-0.2, -0.15) is 5.26 Å². The van der Waals surface area contributed by atoms with Gasteiger partial charge in [0.25, 0.3) is 11.6 Å². The Balaban J connectivity index is 1.70. The summed E-state index contributed by atoms with van der Waals surface area (Å²) in [5.74, 6) is -1.10. The van der Waals surface area contributed by atoms with E-state index < -0.39 is 23.4 Å². The molecule has 33 heavy (non-hydrogen) atoms. The Kier molecular flexibility index (Phi) is 7.00. The molecule has 0 bridgehead atoms. The molecule has 0 fully saturated rings. The van der Waals surface area contributed by atoms with Crippen LogP contribution in [0.2, 0.25) is 0 Å². The summed E-state index contributed by atoms with van der Waals surface area (Å²) in [6.07, 6.45) is 2.43. The highest BCUT2D eigenvalue weighted by Crippen LogP contribution is 2.29. The Labute approximate surface area is 189 Å². The van der Waals surface area contributed by atoms with E-state index in [1.165, 1.54) is 24.3 Å². The van der Waals surface area contributed by atoms with Crippen LogP contribution in [-0.4, -0.2) is 28.0 Å². The molecule has 9 nitrogen and oxygen atoms in total. The van der Waals surface area contributed by atoms with Crippen molar-refractivity contribution in [1.82, 2.24) is 4.57 Å². The number of carbonyl (C=O) groups is 2. The quantitative estimate of drug-likeness (QED) is 0.253. The van der Waals surface area contributed by atoms with Crippen molar-refractivity contribution in [2.24, 2.45) is 0 Å². The first kappa shape index (κ1) is 23.0. The lowest BCUT2D eigenvalue weighted by Crippen LogP contribution is -2.22. The van der Waals surface area contributed by atoms with Crippen molar-refractivity contribution in [3.05, 3.63) is 93.2 Å². The Bertz CT molecular complexity index is 1290. The number of benzene rings is 2. The molecule has 0 aliphatic heterocycles. The highest BCUT2D eigenvalue weighted by atomic mass is 16.6. The minimum absolute atomic E-state index is 0.106. The summed E-state index contributed by atoms with van der Waals surface area (Å²) in [6.45, 7) is 3.07. The summed E-state index contributed by atoms with van der Waals surface area (Å²) in [4.78, 5) is 34.7. The van der Waals surface area contributed by atoms with Crippen LogP contribution in [0.4, 0.5) is 11.5 Å². The number of hydrogen-bond acceptors (Lipinski definition) is 6. The number of rotatable bonds is 7. The number of nitro groups is 1. The van der Waals surface area contributed by atoms with Crippen molar-refractivity contribution in [3.8, 4) is 11.8 Å². The molecule has 1 aromatic heterocycles. The molecule has 166 valence electrons. The van der Waals surface area contributed by atoms with Gasteiger partial charge >= 0.3 is 5.97 Å². The molecule has 1 N–H and O–H groups in total. The van der Waals surface area contributed by atoms with Crippen LogP contribution in [0.1, 0.15) is 22.4 Å². The zero-order chi connectivity index (χ0) is 24.0. The van der Waals surface area contributed by atoms with Crippen LogP contribution in [0.15, 0.2) is 60.7 Å². The number of amides is 1. The summed E-state index contributed by atoms with van der Waals surface area (Å²) in [6, 6.07) is 17.1. The Morgan fingerprint density at radius 3 is 2.58 bits per heavy atom. The van der Waals surface area contributed by atoms with E-state index in [-0.39, 0.29) is 5.69 Å². The number of nitriles is 1. The largest absolute Gasteiger partial charge is 0.452 e. The Morgan fingerprint density at radius 1 is 1.18 bits per heavy atom. The molecule has 0 aliphatic rings. The Morgan fingerprint density at radius 2 is 1.91 bits per heavy atom. The van der Waals surface area contributed by atoms with Gasteiger partial charge in [0, 0.05) is 29.6 Å². The molecule has 3 aromatic rings. The zero-order valence-electron chi connectivity index (χ0n) is 17.9. The number of aromatic nitrogens is 1. The van der Waals surface area contributed by atoms with E-state index in [0.29, 0.717) is 16.9 Å². The average Bonchev–Trinajstić information content (AvgIpc) is 3.05. The topological polar surface area (TPSA) is 127 Å². The van der Waals surface area contributed by atoms with Crippen molar-refractivity contribution < 1.29 is 19.2 Å². The molecule has 0 aliphatic carbocycles. The monoisotopic (exact) mass is 444 g/mol. The number of para-hydroxylation sites is 1. The molecule has 0 saturated carbocycles. The molecule has 1 heterocycles. The van der Waals surface area contributed by atoms with Crippen molar-refractivity contribution in [1.29, 1.82) is 5.26 Å². The van der Waals surface area contributed by atoms with E-state index in [9.17, 15) is 25.0 Å². The fraction of sp³-hybridized carbons (Fsp3) is 0.125. The molecule has 0 radical (unpaired) electrons. The summed E-state index contributed by atoms with van der Waals surface area (Å²) < 4.78 is 6.73. The van der Waals surface area contributed by atoms with Crippen LogP contribution in [0.5, 0.6) is 0 Å². The normalized spacial score (nSPS) is 10.6. The van der Waals surface area contributed by atoms with Gasteiger partial charge in [-0.1, -0.05) is 30.3 Å². The summed E-state index contributed by atoms with van der Waals surface area (Å²) in [5.41, 5.74) is 2.95. The number of anilines is 1. The predicted octanol–water partition coefficient (Wildman–Crippen LogP) is 4.07. The second-order valence-corrected chi connectivity index (χ2v) is 7.06. The van der Waals surface area contributed by atoms with E-state index in [4.69, 9.17) is 4.74 Å². The number of ether oxygens (including phenoxy) is 1. The minimum Gasteiger partial charge on any atom is -0.452 e. The number of carbonyl (C=O) groups excluding carboxylic acids is 2. The van der Waals surface area contributed by atoms with E-state index in [1.807, 2.05) is 37.3 Å². The lowest BCUT2D eigenvalue weighted by atomic mass is 10.2. The number of esters is 1. The molecular weight excluding hydrogens is 424 g/mol. The van der Waals surface area contributed by atoms with Gasteiger partial charge in [0.15, 0.2) is 6.61 Å². The Hall–Kier alpha value is -4.71. The predicted molar refractivity (Wildman–Crippen MR) is 122 cm³/mol. The third kappa shape index (κ3) is 5.32. The maximum Gasteiger partial charge on any atom is 0.331 e. The molecule has 0 saturated heterocycles. The highest BCUT2D eigenvalue weighted by molar-refractivity contribution is 5.95. The first-order valence-corrected chi connectivity index (χ1v) is 9.88. The van der Waals surface area contributed by atoms with Gasteiger partial charge in [-0.25, -0.2) is 4.79 Å². The number of non-ortho nitro benzene ring substituents is 1. The number of nitrogens with one attached hydrogen (secondary N) is 1. The van der Waals surface area contributed by atoms with Crippen LogP contribution in [-0.2, 0) is 14.3 Å². The number of nitro benzene ring substituents is 1. The molecule has 3 rings (SSSR count). The smallest absolute Gasteiger partial charge is 0.331 e. The maximum atomic E-state index is 12.5. The molecule has 0 unspecified atom stereocenters. The molecule has 0 atom stereocenters. The van der Waals surface area contributed by atoms with Crippen molar-refractivity contribution >= 4 is 29.5 Å². The molecular formula is C24H20N4O5. The van der Waals surface area contributed by atoms with Gasteiger partial charge in [-0.05, 0) is 43.2 Å². The first-order chi connectivity index (χ1) is 15.8. The maximum absolute atomic E-state index is 12.5. The van der Waals surface area contributed by atoms with Crippen molar-refractivity contribution in [2.45, 2.75) is 13.8 Å².